The number of likely N-dealkylation sites (tertiary alicyclic amines) is 1. The number of rotatable bonds is 2. The molecule has 19 heavy (non-hydrogen) atoms. The Kier molecular flexibility index (Phi) is 3.42. The Morgan fingerprint density at radius 2 is 2.21 bits per heavy atom. The lowest BCUT2D eigenvalue weighted by molar-refractivity contribution is -0.134. The fourth-order valence-corrected chi connectivity index (χ4v) is 3.30. The summed E-state index contributed by atoms with van der Waals surface area (Å²) in [6.07, 6.45) is 2.61. The van der Waals surface area contributed by atoms with Gasteiger partial charge in [0, 0.05) is 31.2 Å². The number of phenols is 1. The lowest BCUT2D eigenvalue weighted by Gasteiger charge is -2.37. The second-order valence-corrected chi connectivity index (χ2v) is 5.52. The van der Waals surface area contributed by atoms with Crippen LogP contribution in [0.4, 0.5) is 0 Å². The molecule has 0 aliphatic carbocycles. The molecule has 0 aromatic heterocycles. The van der Waals surface area contributed by atoms with Gasteiger partial charge in [-0.2, -0.15) is 0 Å². The van der Waals surface area contributed by atoms with E-state index in [1.807, 2.05) is 17.0 Å². The van der Waals surface area contributed by atoms with Gasteiger partial charge >= 0.3 is 0 Å². The molecular weight excluding hydrogens is 240 g/mol. The molecule has 2 aliphatic heterocycles. The Hall–Kier alpha value is -1.55. The molecule has 2 atom stereocenters. The first kappa shape index (κ1) is 12.5. The summed E-state index contributed by atoms with van der Waals surface area (Å²) in [7, 11) is 0. The van der Waals surface area contributed by atoms with E-state index in [4.69, 9.17) is 0 Å². The van der Waals surface area contributed by atoms with Crippen LogP contribution in [0.15, 0.2) is 24.3 Å². The van der Waals surface area contributed by atoms with Gasteiger partial charge in [-0.05, 0) is 24.8 Å². The van der Waals surface area contributed by atoms with Gasteiger partial charge in [0.1, 0.15) is 5.75 Å². The monoisotopic (exact) mass is 260 g/mol. The van der Waals surface area contributed by atoms with E-state index < -0.39 is 0 Å². The van der Waals surface area contributed by atoms with E-state index in [-0.39, 0.29) is 11.7 Å². The summed E-state index contributed by atoms with van der Waals surface area (Å²) >= 11 is 0. The van der Waals surface area contributed by atoms with Crippen LogP contribution < -0.4 is 5.32 Å². The fraction of sp³-hybridized carbons (Fsp3) is 0.533. The van der Waals surface area contributed by atoms with Gasteiger partial charge in [0.25, 0.3) is 0 Å². The normalized spacial score (nSPS) is 26.2. The molecule has 0 bridgehead atoms. The molecule has 2 N–H and O–H groups in total. The molecule has 102 valence electrons. The highest BCUT2D eigenvalue weighted by molar-refractivity contribution is 5.80. The number of hydrogen-bond acceptors (Lipinski definition) is 3. The van der Waals surface area contributed by atoms with E-state index in [0.717, 1.165) is 31.6 Å². The van der Waals surface area contributed by atoms with Gasteiger partial charge in [-0.25, -0.2) is 0 Å². The summed E-state index contributed by atoms with van der Waals surface area (Å²) in [5.41, 5.74) is 0.723. The molecule has 0 saturated carbocycles. The molecule has 2 fully saturated rings. The van der Waals surface area contributed by atoms with E-state index in [1.54, 1.807) is 12.1 Å². The number of piperidine rings is 1. The maximum Gasteiger partial charge on any atom is 0.227 e. The zero-order valence-corrected chi connectivity index (χ0v) is 11.0. The summed E-state index contributed by atoms with van der Waals surface area (Å²) in [5.74, 6) is 0.968. The van der Waals surface area contributed by atoms with Crippen molar-refractivity contribution in [2.24, 2.45) is 5.92 Å². The molecule has 2 heterocycles. The topological polar surface area (TPSA) is 52.6 Å². The van der Waals surface area contributed by atoms with Crippen molar-refractivity contribution < 1.29 is 9.90 Å². The van der Waals surface area contributed by atoms with Gasteiger partial charge in [-0.1, -0.05) is 18.2 Å². The minimum absolute atomic E-state index is 0.139. The summed E-state index contributed by atoms with van der Waals surface area (Å²) in [6.45, 7) is 2.80. The maximum atomic E-state index is 12.4. The van der Waals surface area contributed by atoms with Crippen LogP contribution in [0.1, 0.15) is 18.4 Å². The highest BCUT2D eigenvalue weighted by atomic mass is 16.3. The lowest BCUT2D eigenvalue weighted by Crippen LogP contribution is -2.48. The first-order chi connectivity index (χ1) is 9.25. The van der Waals surface area contributed by atoms with Gasteiger partial charge in [-0.15, -0.1) is 0 Å². The predicted octanol–water partition coefficient (Wildman–Crippen LogP) is 1.15. The number of carbonyl (C=O) groups is 1. The Morgan fingerprint density at radius 3 is 3.05 bits per heavy atom. The van der Waals surface area contributed by atoms with Crippen LogP contribution >= 0.6 is 0 Å². The largest absolute Gasteiger partial charge is 0.508 e. The first-order valence-corrected chi connectivity index (χ1v) is 7.03. The number of hydrogen-bond donors (Lipinski definition) is 2. The number of amides is 1. The fourth-order valence-electron chi connectivity index (χ4n) is 3.30. The van der Waals surface area contributed by atoms with Crippen LogP contribution in [0, 0.1) is 5.92 Å². The number of nitrogens with zero attached hydrogens (tertiary/aromatic N) is 1. The Morgan fingerprint density at radius 1 is 1.37 bits per heavy atom. The minimum atomic E-state index is 0.139. The zero-order chi connectivity index (χ0) is 13.2. The highest BCUT2D eigenvalue weighted by Crippen LogP contribution is 2.27. The van der Waals surface area contributed by atoms with Crippen LogP contribution in [-0.4, -0.2) is 41.6 Å². The van der Waals surface area contributed by atoms with Crippen LogP contribution in [0.5, 0.6) is 5.75 Å². The van der Waals surface area contributed by atoms with Gasteiger partial charge < -0.3 is 15.3 Å². The second kappa shape index (κ2) is 5.21. The van der Waals surface area contributed by atoms with Gasteiger partial charge in [-0.3, -0.25) is 4.79 Å². The minimum Gasteiger partial charge on any atom is -0.508 e. The molecule has 3 rings (SSSR count). The van der Waals surface area contributed by atoms with Crippen molar-refractivity contribution in [1.82, 2.24) is 10.2 Å². The van der Waals surface area contributed by atoms with Crippen LogP contribution in [0.25, 0.3) is 0 Å². The van der Waals surface area contributed by atoms with E-state index >= 15 is 0 Å². The predicted molar refractivity (Wildman–Crippen MR) is 72.9 cm³/mol. The Labute approximate surface area is 113 Å². The van der Waals surface area contributed by atoms with Gasteiger partial charge in [0.15, 0.2) is 0 Å². The summed E-state index contributed by atoms with van der Waals surface area (Å²) in [4.78, 5) is 14.5. The lowest BCUT2D eigenvalue weighted by atomic mass is 9.91. The summed E-state index contributed by atoms with van der Waals surface area (Å²) in [5, 5.41) is 13.1. The van der Waals surface area contributed by atoms with Crippen LogP contribution in [0.3, 0.4) is 0 Å². The van der Waals surface area contributed by atoms with E-state index in [9.17, 15) is 9.90 Å². The zero-order valence-electron chi connectivity index (χ0n) is 11.0. The van der Waals surface area contributed by atoms with Crippen molar-refractivity contribution in [2.75, 3.05) is 19.6 Å². The molecule has 0 spiro atoms. The standard InChI is InChI=1S/C15H20N2O2/c18-14-6-2-1-4-11(14)8-15(19)17-7-3-5-12-9-16-10-13(12)17/h1-2,4,6,12-13,16,18H,3,5,7-10H2. The van der Waals surface area contributed by atoms with Crippen LogP contribution in [-0.2, 0) is 11.2 Å². The number of nitrogens with one attached hydrogen (secondary N) is 1. The van der Waals surface area contributed by atoms with Crippen molar-refractivity contribution in [3.05, 3.63) is 29.8 Å². The van der Waals surface area contributed by atoms with Crippen LogP contribution in [0.2, 0.25) is 0 Å². The summed E-state index contributed by atoms with van der Waals surface area (Å²) < 4.78 is 0. The van der Waals surface area contributed by atoms with E-state index in [1.165, 1.54) is 6.42 Å². The second-order valence-electron chi connectivity index (χ2n) is 5.52. The smallest absolute Gasteiger partial charge is 0.227 e. The molecule has 2 aliphatic rings. The molecular formula is C15H20N2O2. The Balaban J connectivity index is 1.71. The first-order valence-electron chi connectivity index (χ1n) is 7.03. The third kappa shape index (κ3) is 2.45. The highest BCUT2D eigenvalue weighted by Gasteiger charge is 2.37. The maximum absolute atomic E-state index is 12.4. The molecule has 4 nitrogen and oxygen atoms in total. The molecule has 1 amide bonds. The Bertz CT molecular complexity index is 475. The van der Waals surface area contributed by atoms with Crippen molar-refractivity contribution in [2.45, 2.75) is 25.3 Å². The molecule has 0 radical (unpaired) electrons. The molecule has 2 saturated heterocycles. The van der Waals surface area contributed by atoms with Gasteiger partial charge in [0.05, 0.1) is 6.42 Å². The molecule has 2 unspecified atom stereocenters. The average Bonchev–Trinajstić information content (AvgIpc) is 2.89. The van der Waals surface area contributed by atoms with E-state index in [0.29, 0.717) is 18.4 Å². The SMILES string of the molecule is O=C(Cc1ccccc1O)N1CCCC2CNCC21. The third-order valence-corrected chi connectivity index (χ3v) is 4.33. The van der Waals surface area contributed by atoms with E-state index in [2.05, 4.69) is 5.32 Å². The van der Waals surface area contributed by atoms with Crippen molar-refractivity contribution >= 4 is 5.91 Å². The summed E-state index contributed by atoms with van der Waals surface area (Å²) in [6, 6.07) is 7.45. The van der Waals surface area contributed by atoms with Crippen molar-refractivity contribution in [3.8, 4) is 5.75 Å². The van der Waals surface area contributed by atoms with Crippen molar-refractivity contribution in [3.63, 3.8) is 0 Å². The van der Waals surface area contributed by atoms with Gasteiger partial charge in [0.2, 0.25) is 5.91 Å². The number of carbonyl (C=O) groups excluding carboxylic acids is 1. The number of benzene rings is 1. The molecule has 1 aromatic rings. The quantitative estimate of drug-likeness (QED) is 0.838. The van der Waals surface area contributed by atoms with Crippen molar-refractivity contribution in [1.29, 1.82) is 0 Å². The third-order valence-electron chi connectivity index (χ3n) is 4.33. The average molecular weight is 260 g/mol. The number of phenolic OH excluding ortho intramolecular Hbond substituents is 1. The number of fused-ring (bicyclic) bond motifs is 1. The number of aromatic hydroxyl groups is 1. The molecule has 4 heteroatoms. The molecule has 1 aromatic carbocycles. The number of para-hydroxylation sites is 1.